The van der Waals surface area contributed by atoms with E-state index in [1.807, 2.05) is 38.2 Å². The van der Waals surface area contributed by atoms with Crippen LogP contribution in [0.1, 0.15) is 38.8 Å². The maximum absolute atomic E-state index is 12.2. The van der Waals surface area contributed by atoms with E-state index in [0.29, 0.717) is 26.1 Å². The fourth-order valence-corrected chi connectivity index (χ4v) is 5.20. The van der Waals surface area contributed by atoms with E-state index in [2.05, 4.69) is 20.6 Å². The van der Waals surface area contributed by atoms with E-state index in [0.717, 1.165) is 36.2 Å². The van der Waals surface area contributed by atoms with Crippen LogP contribution in [0, 0.1) is 0 Å². The monoisotopic (exact) mass is 416 g/mol. The first-order valence-corrected chi connectivity index (χ1v) is 12.0. The third-order valence-corrected chi connectivity index (χ3v) is 7.45. The van der Waals surface area contributed by atoms with Gasteiger partial charge in [0.1, 0.15) is 0 Å². The Labute approximate surface area is 167 Å². The number of nitrogens with zero attached hydrogens (tertiary/aromatic N) is 4. The van der Waals surface area contributed by atoms with Gasteiger partial charge in [-0.05, 0) is 26.2 Å². The molecule has 1 saturated heterocycles. The van der Waals surface area contributed by atoms with Gasteiger partial charge in [-0.25, -0.2) is 22.7 Å². The highest BCUT2D eigenvalue weighted by atomic mass is 32.2. The van der Waals surface area contributed by atoms with E-state index in [1.54, 1.807) is 15.6 Å². The molecular formula is C17H32N6O2S2. The molecule has 0 saturated carbocycles. The van der Waals surface area contributed by atoms with Crippen LogP contribution in [0.15, 0.2) is 10.4 Å². The molecule has 1 aliphatic rings. The van der Waals surface area contributed by atoms with E-state index in [9.17, 15) is 8.42 Å². The average Bonchev–Trinajstić information content (AvgIpc) is 3.10. The maximum Gasteiger partial charge on any atom is 0.214 e. The van der Waals surface area contributed by atoms with Gasteiger partial charge in [0.25, 0.3) is 0 Å². The molecule has 2 rings (SSSR count). The second-order valence-electron chi connectivity index (χ2n) is 6.84. The van der Waals surface area contributed by atoms with Crippen LogP contribution < -0.4 is 15.5 Å². The van der Waals surface area contributed by atoms with Crippen molar-refractivity contribution in [1.29, 1.82) is 0 Å². The molecular weight excluding hydrogens is 384 g/mol. The molecule has 1 aliphatic heterocycles. The predicted molar refractivity (Wildman–Crippen MR) is 113 cm³/mol. The van der Waals surface area contributed by atoms with E-state index < -0.39 is 10.0 Å². The Morgan fingerprint density at radius 1 is 1.37 bits per heavy atom. The smallest absolute Gasteiger partial charge is 0.214 e. The number of rotatable bonds is 8. The van der Waals surface area contributed by atoms with Crippen molar-refractivity contribution in [3.05, 3.63) is 11.1 Å². The van der Waals surface area contributed by atoms with Gasteiger partial charge in [0.15, 0.2) is 11.1 Å². The number of guanidine groups is 1. The number of hydrogen-bond acceptors (Lipinski definition) is 6. The summed E-state index contributed by atoms with van der Waals surface area (Å²) in [7, 11) is 0.856. The number of piperidine rings is 1. The molecule has 0 unspecified atom stereocenters. The number of thiazole rings is 1. The van der Waals surface area contributed by atoms with E-state index in [4.69, 9.17) is 0 Å². The molecule has 0 bridgehead atoms. The van der Waals surface area contributed by atoms with Crippen LogP contribution in [-0.4, -0.2) is 69.2 Å². The van der Waals surface area contributed by atoms with E-state index in [1.165, 1.54) is 0 Å². The molecule has 10 heteroatoms. The summed E-state index contributed by atoms with van der Waals surface area (Å²) in [5, 5.41) is 9.71. The number of aromatic nitrogens is 1. The van der Waals surface area contributed by atoms with Crippen molar-refractivity contribution in [2.24, 2.45) is 4.99 Å². The minimum atomic E-state index is -3.10. The molecule has 0 radical (unpaired) electrons. The topological polar surface area (TPSA) is 89.9 Å². The van der Waals surface area contributed by atoms with Gasteiger partial charge in [-0.15, -0.1) is 11.3 Å². The largest absolute Gasteiger partial charge is 0.357 e. The van der Waals surface area contributed by atoms with Gasteiger partial charge >= 0.3 is 0 Å². The summed E-state index contributed by atoms with van der Waals surface area (Å²) >= 11 is 1.61. The Morgan fingerprint density at radius 3 is 2.63 bits per heavy atom. The van der Waals surface area contributed by atoms with Gasteiger partial charge in [0, 0.05) is 45.2 Å². The van der Waals surface area contributed by atoms with Crippen LogP contribution in [0.2, 0.25) is 0 Å². The maximum atomic E-state index is 12.2. The average molecular weight is 417 g/mol. The molecule has 154 valence electrons. The summed E-state index contributed by atoms with van der Waals surface area (Å²) in [4.78, 5) is 11.2. The third-order valence-electron chi connectivity index (χ3n) is 4.32. The first kappa shape index (κ1) is 21.9. The van der Waals surface area contributed by atoms with Crippen molar-refractivity contribution < 1.29 is 8.42 Å². The number of nitrogens with one attached hydrogen (secondary N) is 2. The Morgan fingerprint density at radius 2 is 2.07 bits per heavy atom. The Kier molecular flexibility index (Phi) is 8.30. The molecule has 0 spiro atoms. The first-order valence-electron chi connectivity index (χ1n) is 9.50. The van der Waals surface area contributed by atoms with Gasteiger partial charge in [0.05, 0.1) is 18.0 Å². The van der Waals surface area contributed by atoms with Crippen LogP contribution in [0.5, 0.6) is 0 Å². The summed E-state index contributed by atoms with van der Waals surface area (Å²) in [5.41, 5.74) is 0.946. The van der Waals surface area contributed by atoms with Crippen LogP contribution >= 0.6 is 11.3 Å². The van der Waals surface area contributed by atoms with Gasteiger partial charge in [-0.1, -0.05) is 6.92 Å². The Bertz CT molecular complexity index is 709. The molecule has 27 heavy (non-hydrogen) atoms. The van der Waals surface area contributed by atoms with Crippen molar-refractivity contribution in [2.45, 2.75) is 45.7 Å². The molecule has 1 aromatic heterocycles. The molecule has 2 heterocycles. The molecule has 8 nitrogen and oxygen atoms in total. The lowest BCUT2D eigenvalue weighted by molar-refractivity contribution is 0.306. The van der Waals surface area contributed by atoms with E-state index >= 15 is 0 Å². The second kappa shape index (κ2) is 10.2. The van der Waals surface area contributed by atoms with Gasteiger partial charge in [0.2, 0.25) is 10.0 Å². The molecule has 1 aromatic rings. The predicted octanol–water partition coefficient (Wildman–Crippen LogP) is 1.47. The summed E-state index contributed by atoms with van der Waals surface area (Å²) in [6.45, 7) is 6.35. The molecule has 0 amide bonds. The zero-order valence-electron chi connectivity index (χ0n) is 16.7. The van der Waals surface area contributed by atoms with Crippen LogP contribution in [-0.2, 0) is 16.6 Å². The molecule has 0 atom stereocenters. The van der Waals surface area contributed by atoms with Crippen molar-refractivity contribution in [1.82, 2.24) is 19.9 Å². The van der Waals surface area contributed by atoms with Gasteiger partial charge < -0.3 is 15.5 Å². The van der Waals surface area contributed by atoms with Crippen molar-refractivity contribution in [3.8, 4) is 0 Å². The number of anilines is 1. The summed E-state index contributed by atoms with van der Waals surface area (Å²) in [5.74, 6) is 0.990. The SMILES string of the molecule is CCCS(=O)(=O)N1CCC(NC(=NCc2csc(N(C)C)n2)NCC)CC1. The standard InChI is InChI=1S/C17H32N6O2S2/c1-5-11-27(24,25)23-9-7-14(8-10-23)20-16(18-6-2)19-12-15-13-26-17(21-15)22(3)4/h13-14H,5-12H2,1-4H3,(H2,18,19,20). The second-order valence-corrected chi connectivity index (χ2v) is 9.77. The van der Waals surface area contributed by atoms with Crippen LogP contribution in [0.3, 0.4) is 0 Å². The fourth-order valence-electron chi connectivity index (χ4n) is 2.91. The van der Waals surface area contributed by atoms with Gasteiger partial charge in [-0.3, -0.25) is 0 Å². The zero-order chi connectivity index (χ0) is 19.9. The van der Waals surface area contributed by atoms with Gasteiger partial charge in [-0.2, -0.15) is 0 Å². The normalized spacial score (nSPS) is 17.1. The van der Waals surface area contributed by atoms with Crippen LogP contribution in [0.4, 0.5) is 5.13 Å². The van der Waals surface area contributed by atoms with Crippen molar-refractivity contribution in [3.63, 3.8) is 0 Å². The number of aliphatic imine (C=N–C) groups is 1. The summed E-state index contributed by atoms with van der Waals surface area (Å²) < 4.78 is 26.0. The lowest BCUT2D eigenvalue weighted by atomic mass is 10.1. The van der Waals surface area contributed by atoms with Crippen molar-refractivity contribution in [2.75, 3.05) is 44.4 Å². The summed E-state index contributed by atoms with van der Waals surface area (Å²) in [6.07, 6.45) is 2.23. The minimum absolute atomic E-state index is 0.226. The molecule has 0 aliphatic carbocycles. The highest BCUT2D eigenvalue weighted by Crippen LogP contribution is 2.18. The summed E-state index contributed by atoms with van der Waals surface area (Å²) in [6, 6.07) is 0.226. The Balaban J connectivity index is 1.90. The highest BCUT2D eigenvalue weighted by Gasteiger charge is 2.27. The lowest BCUT2D eigenvalue weighted by Crippen LogP contribution is -2.50. The Hall–Kier alpha value is -1.39. The molecule has 1 fully saturated rings. The molecule has 0 aromatic carbocycles. The first-order chi connectivity index (χ1) is 12.9. The highest BCUT2D eigenvalue weighted by molar-refractivity contribution is 7.89. The van der Waals surface area contributed by atoms with Crippen LogP contribution in [0.25, 0.3) is 0 Å². The van der Waals surface area contributed by atoms with Crippen molar-refractivity contribution >= 4 is 32.5 Å². The quantitative estimate of drug-likeness (QED) is 0.493. The zero-order valence-corrected chi connectivity index (χ0v) is 18.4. The third kappa shape index (κ3) is 6.62. The number of sulfonamides is 1. The lowest BCUT2D eigenvalue weighted by Gasteiger charge is -2.32. The van der Waals surface area contributed by atoms with E-state index in [-0.39, 0.29) is 11.8 Å². The molecule has 2 N–H and O–H groups in total. The minimum Gasteiger partial charge on any atom is -0.357 e. The number of hydrogen-bond donors (Lipinski definition) is 2. The fraction of sp³-hybridized carbons (Fsp3) is 0.765.